The largest absolute Gasteiger partial charge is 0.493 e. The predicted octanol–water partition coefficient (Wildman–Crippen LogP) is 6.60. The second kappa shape index (κ2) is 10.8. The molecular formula is C24H29F3O3. The Labute approximate surface area is 176 Å². The smallest absolute Gasteiger partial charge is 0.167 e. The minimum Gasteiger partial charge on any atom is -0.493 e. The second-order valence-corrected chi connectivity index (χ2v) is 7.58. The van der Waals surface area contributed by atoms with Gasteiger partial charge in [0, 0.05) is 29.7 Å². The molecule has 1 aliphatic rings. The van der Waals surface area contributed by atoms with E-state index in [0.29, 0.717) is 31.8 Å². The highest BCUT2D eigenvalue weighted by molar-refractivity contribution is 5.66. The van der Waals surface area contributed by atoms with E-state index in [1.807, 2.05) is 13.8 Å². The van der Waals surface area contributed by atoms with Gasteiger partial charge in [0.15, 0.2) is 17.9 Å². The van der Waals surface area contributed by atoms with Crippen molar-refractivity contribution in [2.45, 2.75) is 58.2 Å². The summed E-state index contributed by atoms with van der Waals surface area (Å²) < 4.78 is 60.9. The maximum absolute atomic E-state index is 14.8. The van der Waals surface area contributed by atoms with Gasteiger partial charge in [0.25, 0.3) is 0 Å². The molecule has 0 spiro atoms. The first-order valence-corrected chi connectivity index (χ1v) is 10.7. The van der Waals surface area contributed by atoms with Crippen LogP contribution in [0.4, 0.5) is 13.2 Å². The lowest BCUT2D eigenvalue weighted by Crippen LogP contribution is -2.28. The molecule has 2 atom stereocenters. The van der Waals surface area contributed by atoms with Crippen molar-refractivity contribution >= 4 is 0 Å². The van der Waals surface area contributed by atoms with Crippen molar-refractivity contribution in [2.24, 2.45) is 0 Å². The van der Waals surface area contributed by atoms with Crippen LogP contribution in [0.25, 0.3) is 11.1 Å². The van der Waals surface area contributed by atoms with Gasteiger partial charge in [-0.05, 0) is 43.4 Å². The lowest BCUT2D eigenvalue weighted by molar-refractivity contribution is -0.167. The highest BCUT2D eigenvalue weighted by atomic mass is 19.2. The molecule has 2 unspecified atom stereocenters. The molecule has 0 aliphatic carbocycles. The van der Waals surface area contributed by atoms with E-state index >= 15 is 0 Å². The molecule has 164 valence electrons. The highest BCUT2D eigenvalue weighted by Gasteiger charge is 2.27. The highest BCUT2D eigenvalue weighted by Crippen LogP contribution is 2.35. The number of hydrogen-bond donors (Lipinski definition) is 0. The van der Waals surface area contributed by atoms with E-state index in [4.69, 9.17) is 14.2 Å². The number of rotatable bonds is 9. The lowest BCUT2D eigenvalue weighted by atomic mass is 9.90. The Bertz CT molecular complexity index is 833. The van der Waals surface area contributed by atoms with E-state index in [9.17, 15) is 13.2 Å². The predicted molar refractivity (Wildman–Crippen MR) is 110 cm³/mol. The van der Waals surface area contributed by atoms with Crippen LogP contribution in [0, 0.1) is 17.5 Å². The molecule has 1 heterocycles. The van der Waals surface area contributed by atoms with Gasteiger partial charge in [0.2, 0.25) is 0 Å². The summed E-state index contributed by atoms with van der Waals surface area (Å²) in [6, 6.07) is 7.17. The van der Waals surface area contributed by atoms with Crippen LogP contribution in [-0.2, 0) is 9.47 Å². The monoisotopic (exact) mass is 422 g/mol. The molecule has 3 rings (SSSR count). The zero-order valence-electron chi connectivity index (χ0n) is 17.6. The minimum atomic E-state index is -1.05. The Morgan fingerprint density at radius 3 is 2.40 bits per heavy atom. The number of hydrogen-bond acceptors (Lipinski definition) is 3. The molecule has 6 heteroatoms. The van der Waals surface area contributed by atoms with Crippen molar-refractivity contribution in [3.63, 3.8) is 0 Å². The van der Waals surface area contributed by atoms with Gasteiger partial charge in [-0.3, -0.25) is 0 Å². The van der Waals surface area contributed by atoms with Crippen LogP contribution in [0.15, 0.2) is 30.3 Å². The molecular weight excluding hydrogens is 393 g/mol. The molecule has 0 aromatic heterocycles. The first-order valence-electron chi connectivity index (χ1n) is 10.7. The van der Waals surface area contributed by atoms with Gasteiger partial charge < -0.3 is 14.2 Å². The van der Waals surface area contributed by atoms with Crippen LogP contribution < -0.4 is 4.74 Å². The van der Waals surface area contributed by atoms with Crippen molar-refractivity contribution < 1.29 is 27.4 Å². The van der Waals surface area contributed by atoms with Crippen LogP contribution in [0.3, 0.4) is 0 Å². The summed E-state index contributed by atoms with van der Waals surface area (Å²) in [5, 5.41) is 0. The summed E-state index contributed by atoms with van der Waals surface area (Å²) in [7, 11) is 0. The first-order chi connectivity index (χ1) is 14.5. The van der Waals surface area contributed by atoms with E-state index in [1.165, 1.54) is 24.3 Å². The second-order valence-electron chi connectivity index (χ2n) is 7.58. The summed E-state index contributed by atoms with van der Waals surface area (Å²) >= 11 is 0. The normalized spacial score (nSPS) is 19.1. The molecule has 1 fully saturated rings. The summed E-state index contributed by atoms with van der Waals surface area (Å²) in [5.74, 6) is -2.52. The number of benzene rings is 2. The Morgan fingerprint density at radius 1 is 0.933 bits per heavy atom. The molecule has 0 N–H and O–H groups in total. The molecule has 0 radical (unpaired) electrons. The molecule has 30 heavy (non-hydrogen) atoms. The Balaban J connectivity index is 1.74. The van der Waals surface area contributed by atoms with Crippen LogP contribution in [-0.4, -0.2) is 26.1 Å². The molecule has 1 saturated heterocycles. The third-order valence-corrected chi connectivity index (χ3v) is 5.29. The van der Waals surface area contributed by atoms with Crippen LogP contribution in [0.2, 0.25) is 0 Å². The third-order valence-electron chi connectivity index (χ3n) is 5.29. The lowest BCUT2D eigenvalue weighted by Gasteiger charge is -2.29. The molecule has 1 aliphatic heterocycles. The van der Waals surface area contributed by atoms with Crippen molar-refractivity contribution in [3.05, 3.63) is 53.3 Å². The zero-order chi connectivity index (χ0) is 21.5. The van der Waals surface area contributed by atoms with E-state index < -0.39 is 17.5 Å². The summed E-state index contributed by atoms with van der Waals surface area (Å²) in [6.45, 7) is 5.41. The van der Waals surface area contributed by atoms with Gasteiger partial charge in [-0.25, -0.2) is 13.2 Å². The summed E-state index contributed by atoms with van der Waals surface area (Å²) in [6.07, 6.45) is 3.70. The van der Waals surface area contributed by atoms with Crippen molar-refractivity contribution in [3.8, 4) is 16.9 Å². The summed E-state index contributed by atoms with van der Waals surface area (Å²) in [4.78, 5) is 0. The van der Waals surface area contributed by atoms with E-state index in [0.717, 1.165) is 19.3 Å². The van der Waals surface area contributed by atoms with Crippen molar-refractivity contribution in [1.29, 1.82) is 0 Å². The number of unbranched alkanes of at least 4 members (excludes halogenated alkanes) is 1. The molecule has 0 saturated carbocycles. The van der Waals surface area contributed by atoms with E-state index in [1.54, 1.807) is 6.07 Å². The van der Waals surface area contributed by atoms with Gasteiger partial charge in [-0.15, -0.1) is 0 Å². The average Bonchev–Trinajstić information content (AvgIpc) is 2.75. The summed E-state index contributed by atoms with van der Waals surface area (Å²) in [5.41, 5.74) is 0.161. The SMILES string of the molecule is CCCCOc1ccc(-c2ccc(C3CCC(OCCC)OC3)c(F)c2F)c(F)c1. The maximum Gasteiger partial charge on any atom is 0.167 e. The van der Waals surface area contributed by atoms with Crippen LogP contribution in [0.5, 0.6) is 5.75 Å². The molecule has 2 aromatic rings. The van der Waals surface area contributed by atoms with Crippen LogP contribution >= 0.6 is 0 Å². The van der Waals surface area contributed by atoms with Gasteiger partial charge in [0.05, 0.1) is 13.2 Å². The average molecular weight is 422 g/mol. The van der Waals surface area contributed by atoms with E-state index in [2.05, 4.69) is 0 Å². The molecule has 0 bridgehead atoms. The van der Waals surface area contributed by atoms with Crippen molar-refractivity contribution in [2.75, 3.05) is 19.8 Å². The topological polar surface area (TPSA) is 27.7 Å². The Kier molecular flexibility index (Phi) is 8.16. The third kappa shape index (κ3) is 5.35. The number of halogens is 3. The quantitative estimate of drug-likeness (QED) is 0.426. The molecule has 3 nitrogen and oxygen atoms in total. The van der Waals surface area contributed by atoms with Gasteiger partial charge in [0.1, 0.15) is 11.6 Å². The first kappa shape index (κ1) is 22.6. The standard InChI is InChI=1S/C24H29F3O3/c1-3-5-13-28-17-7-8-19(21(25)14-17)20-10-9-18(23(26)24(20)27)16-6-11-22(30-15-16)29-12-4-2/h7-10,14,16,22H,3-6,11-13,15H2,1-2H3. The minimum absolute atomic E-state index is 0.00807. The maximum atomic E-state index is 14.8. The molecule has 2 aromatic carbocycles. The molecule has 0 amide bonds. The zero-order valence-corrected chi connectivity index (χ0v) is 17.6. The number of ether oxygens (including phenoxy) is 3. The van der Waals surface area contributed by atoms with Gasteiger partial charge >= 0.3 is 0 Å². The van der Waals surface area contributed by atoms with E-state index in [-0.39, 0.29) is 35.5 Å². The Hall–Kier alpha value is -2.05. The fourth-order valence-electron chi connectivity index (χ4n) is 3.58. The van der Waals surface area contributed by atoms with Gasteiger partial charge in [-0.1, -0.05) is 32.4 Å². The van der Waals surface area contributed by atoms with Gasteiger partial charge in [-0.2, -0.15) is 0 Å². The fourth-order valence-corrected chi connectivity index (χ4v) is 3.58. The Morgan fingerprint density at radius 2 is 1.73 bits per heavy atom. The van der Waals surface area contributed by atoms with Crippen LogP contribution in [0.1, 0.15) is 57.4 Å². The fraction of sp³-hybridized carbons (Fsp3) is 0.500. The van der Waals surface area contributed by atoms with Crippen molar-refractivity contribution in [1.82, 2.24) is 0 Å².